The number of rotatable bonds is 5. The second kappa shape index (κ2) is 4.49. The fourth-order valence-corrected chi connectivity index (χ4v) is 4.18. The second-order valence-electron chi connectivity index (χ2n) is 5.26. The SMILES string of the molecule is CNS(=O)(=O)CC1(C(=O)C=O)CCCC1(C)C. The standard InChI is InChI=1S/C11H19NO4S/c1-10(2)5-4-6-11(10,9(14)7-13)8-17(15,16)12-3/h7,12H,4-6,8H2,1-3H3. The van der Waals surface area contributed by atoms with E-state index in [9.17, 15) is 18.0 Å². The monoisotopic (exact) mass is 261 g/mol. The third kappa shape index (κ3) is 2.42. The first-order valence-corrected chi connectivity index (χ1v) is 7.27. The van der Waals surface area contributed by atoms with Crippen LogP contribution in [0.25, 0.3) is 0 Å². The third-order valence-corrected chi connectivity index (χ3v) is 5.52. The van der Waals surface area contributed by atoms with E-state index in [2.05, 4.69) is 4.72 Å². The van der Waals surface area contributed by atoms with Crippen molar-refractivity contribution >= 4 is 22.1 Å². The van der Waals surface area contributed by atoms with Crippen molar-refractivity contribution in [3.8, 4) is 0 Å². The van der Waals surface area contributed by atoms with Gasteiger partial charge in [-0.05, 0) is 25.3 Å². The Kier molecular flexibility index (Phi) is 3.78. The normalized spacial score (nSPS) is 27.9. The number of carbonyl (C=O) groups is 2. The lowest BCUT2D eigenvalue weighted by Gasteiger charge is -2.38. The Morgan fingerprint density at radius 3 is 2.29 bits per heavy atom. The fourth-order valence-electron chi connectivity index (χ4n) is 2.71. The molecule has 1 atom stereocenters. The van der Waals surface area contributed by atoms with Crippen molar-refractivity contribution in [2.24, 2.45) is 10.8 Å². The first-order valence-electron chi connectivity index (χ1n) is 5.62. The van der Waals surface area contributed by atoms with Gasteiger partial charge in [0.15, 0.2) is 6.29 Å². The summed E-state index contributed by atoms with van der Waals surface area (Å²) >= 11 is 0. The number of Topliss-reactive ketones (excluding diaryl/α,β-unsaturated/α-hetero) is 1. The Bertz CT molecular complexity index is 427. The Labute approximate surface area is 102 Å². The highest BCUT2D eigenvalue weighted by molar-refractivity contribution is 7.89. The van der Waals surface area contributed by atoms with Crippen LogP contribution in [0.3, 0.4) is 0 Å². The van der Waals surface area contributed by atoms with Crippen LogP contribution in [-0.2, 0) is 19.6 Å². The van der Waals surface area contributed by atoms with Crippen LogP contribution in [0, 0.1) is 10.8 Å². The maximum atomic E-state index is 11.9. The minimum atomic E-state index is -3.52. The van der Waals surface area contributed by atoms with Crippen molar-refractivity contribution in [2.75, 3.05) is 12.8 Å². The zero-order chi connectivity index (χ0) is 13.3. The summed E-state index contributed by atoms with van der Waals surface area (Å²) in [5.41, 5.74) is -1.54. The summed E-state index contributed by atoms with van der Waals surface area (Å²) in [6.07, 6.45) is 2.24. The van der Waals surface area contributed by atoms with Gasteiger partial charge < -0.3 is 0 Å². The van der Waals surface area contributed by atoms with Crippen LogP contribution in [0.4, 0.5) is 0 Å². The van der Waals surface area contributed by atoms with E-state index < -0.39 is 26.6 Å². The number of ketones is 1. The second-order valence-corrected chi connectivity index (χ2v) is 7.19. The molecule has 6 heteroatoms. The van der Waals surface area contributed by atoms with Crippen molar-refractivity contribution in [1.29, 1.82) is 0 Å². The maximum Gasteiger partial charge on any atom is 0.212 e. The third-order valence-electron chi connectivity index (χ3n) is 4.03. The molecular weight excluding hydrogens is 242 g/mol. The number of sulfonamides is 1. The van der Waals surface area contributed by atoms with Gasteiger partial charge in [-0.25, -0.2) is 13.1 Å². The summed E-state index contributed by atoms with van der Waals surface area (Å²) in [7, 11) is -2.20. The van der Waals surface area contributed by atoms with Gasteiger partial charge in [0.1, 0.15) is 0 Å². The minimum Gasteiger partial charge on any atom is -0.295 e. The van der Waals surface area contributed by atoms with Crippen LogP contribution in [0.2, 0.25) is 0 Å². The van der Waals surface area contributed by atoms with Crippen LogP contribution in [0.5, 0.6) is 0 Å². The highest BCUT2D eigenvalue weighted by Gasteiger charge is 2.55. The van der Waals surface area contributed by atoms with Gasteiger partial charge in [0.05, 0.1) is 11.2 Å². The summed E-state index contributed by atoms with van der Waals surface area (Å²) in [6, 6.07) is 0. The van der Waals surface area contributed by atoms with E-state index in [4.69, 9.17) is 0 Å². The molecule has 0 aromatic heterocycles. The summed E-state index contributed by atoms with van der Waals surface area (Å²) in [4.78, 5) is 22.7. The first kappa shape index (κ1) is 14.3. The van der Waals surface area contributed by atoms with E-state index in [0.29, 0.717) is 6.42 Å². The quantitative estimate of drug-likeness (QED) is 0.577. The molecule has 0 heterocycles. The molecule has 1 N–H and O–H groups in total. The van der Waals surface area contributed by atoms with Crippen molar-refractivity contribution in [3.05, 3.63) is 0 Å². The predicted octanol–water partition coefficient (Wildman–Crippen LogP) is 0.500. The lowest BCUT2D eigenvalue weighted by Crippen LogP contribution is -2.48. The van der Waals surface area contributed by atoms with Crippen molar-refractivity contribution in [3.63, 3.8) is 0 Å². The topological polar surface area (TPSA) is 80.3 Å². The zero-order valence-electron chi connectivity index (χ0n) is 10.4. The van der Waals surface area contributed by atoms with Crippen LogP contribution in [0.1, 0.15) is 33.1 Å². The van der Waals surface area contributed by atoms with Gasteiger partial charge in [0, 0.05) is 0 Å². The van der Waals surface area contributed by atoms with E-state index in [0.717, 1.165) is 12.8 Å². The van der Waals surface area contributed by atoms with Crippen molar-refractivity contribution < 1.29 is 18.0 Å². The molecule has 17 heavy (non-hydrogen) atoms. The molecule has 0 aromatic carbocycles. The molecule has 98 valence electrons. The van der Waals surface area contributed by atoms with Gasteiger partial charge in [-0.3, -0.25) is 9.59 Å². The number of nitrogens with one attached hydrogen (secondary N) is 1. The van der Waals surface area contributed by atoms with Crippen molar-refractivity contribution in [1.82, 2.24) is 4.72 Å². The van der Waals surface area contributed by atoms with Crippen LogP contribution in [-0.4, -0.2) is 33.3 Å². The molecule has 0 bridgehead atoms. The van der Waals surface area contributed by atoms with Crippen LogP contribution in [0.15, 0.2) is 0 Å². The zero-order valence-corrected chi connectivity index (χ0v) is 11.3. The Hall–Kier alpha value is -0.750. The summed E-state index contributed by atoms with van der Waals surface area (Å²) in [5.74, 6) is -0.903. The van der Waals surface area contributed by atoms with Gasteiger partial charge in [0.2, 0.25) is 15.8 Å². The maximum absolute atomic E-state index is 11.9. The van der Waals surface area contributed by atoms with Crippen molar-refractivity contribution in [2.45, 2.75) is 33.1 Å². The molecular formula is C11H19NO4S. The Balaban J connectivity index is 3.22. The van der Waals surface area contributed by atoms with E-state index in [1.54, 1.807) is 0 Å². The fraction of sp³-hybridized carbons (Fsp3) is 0.818. The number of carbonyl (C=O) groups excluding carboxylic acids is 2. The Morgan fingerprint density at radius 2 is 1.94 bits per heavy atom. The van der Waals surface area contributed by atoms with E-state index in [1.807, 2.05) is 13.8 Å². The Morgan fingerprint density at radius 1 is 1.35 bits per heavy atom. The number of hydrogen-bond donors (Lipinski definition) is 1. The largest absolute Gasteiger partial charge is 0.295 e. The molecule has 0 amide bonds. The van der Waals surface area contributed by atoms with Gasteiger partial charge in [0.25, 0.3) is 0 Å². The van der Waals surface area contributed by atoms with Crippen LogP contribution >= 0.6 is 0 Å². The molecule has 0 aromatic rings. The number of hydrogen-bond acceptors (Lipinski definition) is 4. The van der Waals surface area contributed by atoms with E-state index in [-0.39, 0.29) is 12.0 Å². The summed E-state index contributed by atoms with van der Waals surface area (Å²) < 4.78 is 25.6. The lowest BCUT2D eigenvalue weighted by atomic mass is 9.67. The predicted molar refractivity (Wildman–Crippen MR) is 64.0 cm³/mol. The molecule has 1 unspecified atom stereocenters. The van der Waals surface area contributed by atoms with E-state index >= 15 is 0 Å². The van der Waals surface area contributed by atoms with Crippen LogP contribution < -0.4 is 4.72 Å². The average molecular weight is 261 g/mol. The molecule has 1 saturated carbocycles. The molecule has 0 saturated heterocycles. The van der Waals surface area contributed by atoms with E-state index in [1.165, 1.54) is 7.05 Å². The van der Waals surface area contributed by atoms with Gasteiger partial charge in [-0.1, -0.05) is 20.3 Å². The molecule has 0 radical (unpaired) electrons. The molecule has 5 nitrogen and oxygen atoms in total. The summed E-state index contributed by atoms with van der Waals surface area (Å²) in [6.45, 7) is 3.71. The smallest absolute Gasteiger partial charge is 0.212 e. The molecule has 0 aliphatic heterocycles. The lowest BCUT2D eigenvalue weighted by molar-refractivity contribution is -0.139. The summed E-state index contributed by atoms with van der Waals surface area (Å²) in [5, 5.41) is 0. The average Bonchev–Trinajstić information content (AvgIpc) is 2.53. The highest BCUT2D eigenvalue weighted by Crippen LogP contribution is 2.53. The molecule has 0 spiro atoms. The molecule has 1 fully saturated rings. The minimum absolute atomic E-state index is 0.262. The van der Waals surface area contributed by atoms with Gasteiger partial charge in [-0.2, -0.15) is 0 Å². The molecule has 1 rings (SSSR count). The highest BCUT2D eigenvalue weighted by atomic mass is 32.2. The first-order chi connectivity index (χ1) is 7.71. The van der Waals surface area contributed by atoms with Gasteiger partial charge in [-0.15, -0.1) is 0 Å². The van der Waals surface area contributed by atoms with Gasteiger partial charge >= 0.3 is 0 Å². The molecule has 1 aliphatic carbocycles. The number of aldehydes is 1. The molecule has 1 aliphatic rings.